The molecule has 2 aromatic carbocycles. The second-order valence-corrected chi connectivity index (χ2v) is 4.85. The number of nitrogens with zero attached hydrogens (tertiary/aromatic N) is 1. The van der Waals surface area contributed by atoms with Crippen LogP contribution in [-0.4, -0.2) is 27.2 Å². The first-order valence-corrected chi connectivity index (χ1v) is 6.71. The molecular formula is C16H20N4O. The number of carbonyl (C=O) groups is 1. The number of hydrogen-bond donors (Lipinski definition) is 3. The van der Waals surface area contributed by atoms with Gasteiger partial charge in [0.05, 0.1) is 0 Å². The Morgan fingerprint density at radius 1 is 0.905 bits per heavy atom. The summed E-state index contributed by atoms with van der Waals surface area (Å²) in [5.41, 5.74) is 3.53. The molecule has 0 radical (unpaired) electrons. The molecule has 0 heterocycles. The van der Waals surface area contributed by atoms with Crippen molar-refractivity contribution in [3.05, 3.63) is 48.5 Å². The minimum atomic E-state index is -0.261. The van der Waals surface area contributed by atoms with E-state index in [9.17, 15) is 4.79 Å². The molecule has 2 rings (SSSR count). The first-order chi connectivity index (χ1) is 10.1. The van der Waals surface area contributed by atoms with Crippen molar-refractivity contribution >= 4 is 28.8 Å². The Kier molecular flexibility index (Phi) is 4.66. The zero-order valence-corrected chi connectivity index (χ0v) is 12.5. The average molecular weight is 284 g/mol. The highest BCUT2D eigenvalue weighted by Crippen LogP contribution is 2.18. The van der Waals surface area contributed by atoms with Gasteiger partial charge in [0.15, 0.2) is 0 Å². The van der Waals surface area contributed by atoms with Gasteiger partial charge in [-0.2, -0.15) is 0 Å². The Morgan fingerprint density at radius 2 is 1.52 bits per heavy atom. The first kappa shape index (κ1) is 14.7. The third-order valence-corrected chi connectivity index (χ3v) is 3.05. The van der Waals surface area contributed by atoms with Gasteiger partial charge in [0.1, 0.15) is 0 Å². The van der Waals surface area contributed by atoms with Crippen LogP contribution in [-0.2, 0) is 0 Å². The van der Waals surface area contributed by atoms with Gasteiger partial charge >= 0.3 is 6.03 Å². The highest BCUT2D eigenvalue weighted by Gasteiger charge is 2.04. The van der Waals surface area contributed by atoms with E-state index in [0.29, 0.717) is 0 Å². The molecule has 5 nitrogen and oxygen atoms in total. The van der Waals surface area contributed by atoms with Crippen molar-refractivity contribution in [2.75, 3.05) is 42.0 Å². The van der Waals surface area contributed by atoms with E-state index < -0.39 is 0 Å². The SMILES string of the molecule is CNc1ccc(NC(=O)Nc2cccc(N(C)C)c2)cc1. The van der Waals surface area contributed by atoms with Crippen molar-refractivity contribution in [3.8, 4) is 0 Å². The van der Waals surface area contributed by atoms with Gasteiger partial charge in [0.25, 0.3) is 0 Å². The average Bonchev–Trinajstić information content (AvgIpc) is 2.48. The number of carbonyl (C=O) groups excluding carboxylic acids is 1. The lowest BCUT2D eigenvalue weighted by Crippen LogP contribution is -2.19. The van der Waals surface area contributed by atoms with Gasteiger partial charge in [-0.3, -0.25) is 0 Å². The van der Waals surface area contributed by atoms with Crippen molar-refractivity contribution in [1.82, 2.24) is 0 Å². The number of rotatable bonds is 4. The molecule has 0 bridgehead atoms. The van der Waals surface area contributed by atoms with E-state index in [1.165, 1.54) is 0 Å². The predicted molar refractivity (Wildman–Crippen MR) is 89.4 cm³/mol. The van der Waals surface area contributed by atoms with Crippen LogP contribution in [0.1, 0.15) is 0 Å². The minimum Gasteiger partial charge on any atom is -0.388 e. The van der Waals surface area contributed by atoms with Crippen LogP contribution < -0.4 is 20.9 Å². The van der Waals surface area contributed by atoms with Crippen molar-refractivity contribution in [2.24, 2.45) is 0 Å². The van der Waals surface area contributed by atoms with Gasteiger partial charge in [-0.1, -0.05) is 6.07 Å². The molecule has 0 aliphatic rings. The molecule has 0 aliphatic heterocycles. The predicted octanol–water partition coefficient (Wildman–Crippen LogP) is 3.44. The van der Waals surface area contributed by atoms with Gasteiger partial charge in [0, 0.05) is 43.9 Å². The number of anilines is 4. The quantitative estimate of drug-likeness (QED) is 0.806. The van der Waals surface area contributed by atoms with Crippen molar-refractivity contribution in [1.29, 1.82) is 0 Å². The van der Waals surface area contributed by atoms with Crippen LogP contribution in [0.25, 0.3) is 0 Å². The summed E-state index contributed by atoms with van der Waals surface area (Å²) in [4.78, 5) is 14.0. The normalized spacial score (nSPS) is 9.86. The van der Waals surface area contributed by atoms with E-state index >= 15 is 0 Å². The number of amides is 2. The Balaban J connectivity index is 1.99. The van der Waals surface area contributed by atoms with Crippen LogP contribution in [0.5, 0.6) is 0 Å². The van der Waals surface area contributed by atoms with Crippen LogP contribution in [0.3, 0.4) is 0 Å². The Labute approximate surface area is 125 Å². The molecule has 0 unspecified atom stereocenters. The van der Waals surface area contributed by atoms with Gasteiger partial charge in [-0.25, -0.2) is 4.79 Å². The molecule has 0 saturated carbocycles. The standard InChI is InChI=1S/C16H20N4O/c1-17-12-7-9-13(10-8-12)18-16(21)19-14-5-4-6-15(11-14)20(2)3/h4-11,17H,1-3H3,(H2,18,19,21). The van der Waals surface area contributed by atoms with Crippen molar-refractivity contribution in [3.63, 3.8) is 0 Å². The summed E-state index contributed by atoms with van der Waals surface area (Å²) < 4.78 is 0. The molecule has 0 aromatic heterocycles. The Bertz CT molecular complexity index is 608. The molecule has 21 heavy (non-hydrogen) atoms. The largest absolute Gasteiger partial charge is 0.388 e. The smallest absolute Gasteiger partial charge is 0.323 e. The third kappa shape index (κ3) is 4.14. The van der Waals surface area contributed by atoms with E-state index in [1.54, 1.807) is 0 Å². The van der Waals surface area contributed by atoms with Crippen LogP contribution in [0.15, 0.2) is 48.5 Å². The van der Waals surface area contributed by atoms with Crippen LogP contribution >= 0.6 is 0 Å². The molecule has 2 amide bonds. The Morgan fingerprint density at radius 3 is 2.14 bits per heavy atom. The fraction of sp³-hybridized carbons (Fsp3) is 0.188. The molecule has 5 heteroatoms. The summed E-state index contributed by atoms with van der Waals surface area (Å²) in [6, 6.07) is 14.9. The summed E-state index contributed by atoms with van der Waals surface area (Å²) in [5, 5.41) is 8.65. The summed E-state index contributed by atoms with van der Waals surface area (Å²) in [6.07, 6.45) is 0. The van der Waals surface area contributed by atoms with Gasteiger partial charge in [-0.15, -0.1) is 0 Å². The van der Waals surface area contributed by atoms with Crippen LogP contribution in [0.2, 0.25) is 0 Å². The zero-order valence-electron chi connectivity index (χ0n) is 12.5. The molecule has 0 fully saturated rings. The lowest BCUT2D eigenvalue weighted by Gasteiger charge is -2.14. The molecule has 3 N–H and O–H groups in total. The molecule has 2 aromatic rings. The minimum absolute atomic E-state index is 0.261. The van der Waals surface area contributed by atoms with Crippen molar-refractivity contribution < 1.29 is 4.79 Å². The fourth-order valence-electron chi connectivity index (χ4n) is 1.88. The highest BCUT2D eigenvalue weighted by atomic mass is 16.2. The topological polar surface area (TPSA) is 56.4 Å². The number of hydrogen-bond acceptors (Lipinski definition) is 3. The fourth-order valence-corrected chi connectivity index (χ4v) is 1.88. The molecule has 0 aliphatic carbocycles. The third-order valence-electron chi connectivity index (χ3n) is 3.05. The summed E-state index contributed by atoms with van der Waals surface area (Å²) in [7, 11) is 5.78. The summed E-state index contributed by atoms with van der Waals surface area (Å²) in [6.45, 7) is 0. The summed E-state index contributed by atoms with van der Waals surface area (Å²) >= 11 is 0. The maximum absolute atomic E-state index is 12.0. The maximum Gasteiger partial charge on any atom is 0.323 e. The number of benzene rings is 2. The van der Waals surface area contributed by atoms with E-state index in [0.717, 1.165) is 22.7 Å². The van der Waals surface area contributed by atoms with Crippen LogP contribution in [0, 0.1) is 0 Å². The number of nitrogens with one attached hydrogen (secondary N) is 3. The Hall–Kier alpha value is -2.69. The molecule has 0 saturated heterocycles. The monoisotopic (exact) mass is 284 g/mol. The molecule has 110 valence electrons. The lowest BCUT2D eigenvalue weighted by molar-refractivity contribution is 0.262. The van der Waals surface area contributed by atoms with E-state index in [1.807, 2.05) is 74.6 Å². The molecule has 0 atom stereocenters. The highest BCUT2D eigenvalue weighted by molar-refractivity contribution is 6.00. The van der Waals surface area contributed by atoms with Gasteiger partial charge in [0.2, 0.25) is 0 Å². The van der Waals surface area contributed by atoms with E-state index in [-0.39, 0.29) is 6.03 Å². The second-order valence-electron chi connectivity index (χ2n) is 4.85. The first-order valence-electron chi connectivity index (χ1n) is 6.71. The lowest BCUT2D eigenvalue weighted by atomic mass is 10.2. The van der Waals surface area contributed by atoms with Crippen LogP contribution in [0.4, 0.5) is 27.5 Å². The van der Waals surface area contributed by atoms with Crippen molar-refractivity contribution in [2.45, 2.75) is 0 Å². The van der Waals surface area contributed by atoms with Gasteiger partial charge in [-0.05, 0) is 42.5 Å². The molecular weight excluding hydrogens is 264 g/mol. The zero-order chi connectivity index (χ0) is 15.2. The number of urea groups is 1. The molecule has 0 spiro atoms. The van der Waals surface area contributed by atoms with Gasteiger partial charge < -0.3 is 20.9 Å². The maximum atomic E-state index is 12.0. The summed E-state index contributed by atoms with van der Waals surface area (Å²) in [5.74, 6) is 0. The van der Waals surface area contributed by atoms with E-state index in [2.05, 4.69) is 16.0 Å². The second kappa shape index (κ2) is 6.65. The van der Waals surface area contributed by atoms with E-state index in [4.69, 9.17) is 0 Å².